The zero-order valence-corrected chi connectivity index (χ0v) is 20.2. The summed E-state index contributed by atoms with van der Waals surface area (Å²) in [6.45, 7) is 4.05. The Morgan fingerprint density at radius 2 is 1.91 bits per heavy atom. The number of thiophene rings is 1. The highest BCUT2D eigenvalue weighted by molar-refractivity contribution is 7.20. The highest BCUT2D eigenvalue weighted by Gasteiger charge is 2.28. The summed E-state index contributed by atoms with van der Waals surface area (Å²) in [7, 11) is 0. The SMILES string of the molecule is Cc1c(-c2ccccc2)sc(NC(=O)Cc2csc(-c3ccco3)n2)c1C(=O)N1CCOCC1. The summed E-state index contributed by atoms with van der Waals surface area (Å²) in [6.07, 6.45) is 1.71. The van der Waals surface area contributed by atoms with Crippen LogP contribution in [-0.4, -0.2) is 48.0 Å². The Bertz CT molecular complexity index is 1290. The van der Waals surface area contributed by atoms with Gasteiger partial charge in [0.1, 0.15) is 5.00 Å². The van der Waals surface area contributed by atoms with Crippen molar-refractivity contribution in [1.82, 2.24) is 9.88 Å². The van der Waals surface area contributed by atoms with Crippen LogP contribution in [0.2, 0.25) is 0 Å². The number of rotatable bonds is 6. The lowest BCUT2D eigenvalue weighted by atomic mass is 10.1. The number of aromatic nitrogens is 1. The molecule has 0 aliphatic carbocycles. The van der Waals surface area contributed by atoms with Gasteiger partial charge in [-0.15, -0.1) is 22.7 Å². The molecule has 0 atom stereocenters. The lowest BCUT2D eigenvalue weighted by Gasteiger charge is -2.27. The number of thiazole rings is 1. The number of nitrogens with one attached hydrogen (secondary N) is 1. The Labute approximate surface area is 205 Å². The summed E-state index contributed by atoms with van der Waals surface area (Å²) >= 11 is 2.86. The van der Waals surface area contributed by atoms with Crippen molar-refractivity contribution in [2.45, 2.75) is 13.3 Å². The molecule has 0 saturated carbocycles. The fourth-order valence-electron chi connectivity index (χ4n) is 3.89. The largest absolute Gasteiger partial charge is 0.462 e. The molecule has 1 saturated heterocycles. The third-order valence-electron chi connectivity index (χ3n) is 5.57. The number of hydrogen-bond donors (Lipinski definition) is 1. The lowest BCUT2D eigenvalue weighted by Crippen LogP contribution is -2.41. The van der Waals surface area contributed by atoms with Gasteiger partial charge >= 0.3 is 0 Å². The molecule has 5 rings (SSSR count). The van der Waals surface area contributed by atoms with Crippen LogP contribution in [-0.2, 0) is 16.0 Å². The summed E-state index contributed by atoms with van der Waals surface area (Å²) in [5, 5.41) is 6.15. The van der Waals surface area contributed by atoms with E-state index in [1.54, 1.807) is 17.2 Å². The zero-order valence-electron chi connectivity index (χ0n) is 18.6. The van der Waals surface area contributed by atoms with Gasteiger partial charge in [0.25, 0.3) is 5.91 Å². The number of morpholine rings is 1. The van der Waals surface area contributed by atoms with Crippen molar-refractivity contribution in [2.75, 3.05) is 31.6 Å². The average Bonchev–Trinajstić information content (AvgIpc) is 3.61. The van der Waals surface area contributed by atoms with Gasteiger partial charge in [-0.1, -0.05) is 30.3 Å². The Hall–Kier alpha value is -3.27. The molecule has 34 heavy (non-hydrogen) atoms. The standard InChI is InChI=1S/C25H23N3O4S2/c1-16-21(25(30)28-9-12-31-13-10-28)24(34-22(16)17-6-3-2-4-7-17)27-20(29)14-18-15-33-23(26-18)19-8-5-11-32-19/h2-8,11,15H,9-10,12-14H2,1H3,(H,27,29). The first-order chi connectivity index (χ1) is 16.6. The molecule has 0 bridgehead atoms. The van der Waals surface area contributed by atoms with E-state index >= 15 is 0 Å². The molecule has 0 spiro atoms. The van der Waals surface area contributed by atoms with Gasteiger partial charge in [0, 0.05) is 23.3 Å². The van der Waals surface area contributed by atoms with E-state index in [0.29, 0.717) is 48.3 Å². The molecule has 1 aliphatic heterocycles. The van der Waals surface area contributed by atoms with E-state index in [0.717, 1.165) is 21.0 Å². The second-order valence-corrected chi connectivity index (χ2v) is 9.76. The molecule has 4 aromatic rings. The van der Waals surface area contributed by atoms with Crippen LogP contribution in [0, 0.1) is 6.92 Å². The van der Waals surface area contributed by atoms with Crippen LogP contribution in [0.4, 0.5) is 5.00 Å². The van der Waals surface area contributed by atoms with Gasteiger partial charge in [-0.05, 0) is 30.2 Å². The van der Waals surface area contributed by atoms with Crippen LogP contribution < -0.4 is 5.32 Å². The van der Waals surface area contributed by atoms with Crippen LogP contribution in [0.1, 0.15) is 21.6 Å². The maximum absolute atomic E-state index is 13.5. The first kappa shape index (κ1) is 22.5. The van der Waals surface area contributed by atoms with E-state index in [9.17, 15) is 9.59 Å². The molecule has 1 N–H and O–H groups in total. The van der Waals surface area contributed by atoms with Crippen LogP contribution >= 0.6 is 22.7 Å². The number of carbonyl (C=O) groups is 2. The van der Waals surface area contributed by atoms with Crippen molar-refractivity contribution in [3.8, 4) is 21.2 Å². The van der Waals surface area contributed by atoms with Crippen molar-refractivity contribution >= 4 is 39.5 Å². The Morgan fingerprint density at radius 3 is 2.65 bits per heavy atom. The Kier molecular flexibility index (Phi) is 6.57. The molecule has 4 heterocycles. The molecule has 2 amide bonds. The smallest absolute Gasteiger partial charge is 0.257 e. The van der Waals surface area contributed by atoms with Crippen LogP contribution in [0.25, 0.3) is 21.2 Å². The number of hydrogen-bond acceptors (Lipinski definition) is 7. The molecular weight excluding hydrogens is 470 g/mol. The molecule has 1 aromatic carbocycles. The predicted octanol–water partition coefficient (Wildman–Crippen LogP) is 5.09. The number of ether oxygens (including phenoxy) is 1. The fourth-order valence-corrected chi connectivity index (χ4v) is 5.89. The van der Waals surface area contributed by atoms with Gasteiger partial charge in [-0.25, -0.2) is 4.98 Å². The van der Waals surface area contributed by atoms with Crippen LogP contribution in [0.3, 0.4) is 0 Å². The van der Waals surface area contributed by atoms with Crippen molar-refractivity contribution < 1.29 is 18.7 Å². The van der Waals surface area contributed by atoms with E-state index in [2.05, 4.69) is 10.3 Å². The normalized spacial score (nSPS) is 13.7. The third kappa shape index (κ3) is 4.68. The maximum atomic E-state index is 13.5. The van der Waals surface area contributed by atoms with E-state index < -0.39 is 0 Å². The number of nitrogens with zero attached hydrogens (tertiary/aromatic N) is 2. The monoisotopic (exact) mass is 493 g/mol. The quantitative estimate of drug-likeness (QED) is 0.404. The van der Waals surface area contributed by atoms with Crippen molar-refractivity contribution in [1.29, 1.82) is 0 Å². The van der Waals surface area contributed by atoms with Crippen LogP contribution in [0.5, 0.6) is 0 Å². The number of carbonyl (C=O) groups excluding carboxylic acids is 2. The second-order valence-electron chi connectivity index (χ2n) is 7.88. The molecule has 1 aliphatic rings. The van der Waals surface area contributed by atoms with Gasteiger partial charge in [0.2, 0.25) is 5.91 Å². The predicted molar refractivity (Wildman–Crippen MR) is 133 cm³/mol. The Morgan fingerprint density at radius 1 is 1.12 bits per heavy atom. The maximum Gasteiger partial charge on any atom is 0.257 e. The van der Waals surface area contributed by atoms with Gasteiger partial charge in [-0.2, -0.15) is 0 Å². The van der Waals surface area contributed by atoms with Gasteiger partial charge in [-0.3, -0.25) is 9.59 Å². The minimum Gasteiger partial charge on any atom is -0.462 e. The van der Waals surface area contributed by atoms with E-state index in [1.165, 1.54) is 22.7 Å². The van der Waals surface area contributed by atoms with Crippen molar-refractivity contribution in [2.24, 2.45) is 0 Å². The molecule has 7 nitrogen and oxygen atoms in total. The molecule has 3 aromatic heterocycles. The minimum atomic E-state index is -0.215. The minimum absolute atomic E-state index is 0.0803. The molecule has 0 radical (unpaired) electrons. The molecule has 174 valence electrons. The number of benzene rings is 1. The van der Waals surface area contributed by atoms with Gasteiger partial charge in [0.15, 0.2) is 10.8 Å². The summed E-state index contributed by atoms with van der Waals surface area (Å²) in [4.78, 5) is 33.7. The average molecular weight is 494 g/mol. The molecule has 9 heteroatoms. The van der Waals surface area contributed by atoms with Crippen molar-refractivity contribution in [3.63, 3.8) is 0 Å². The zero-order chi connectivity index (χ0) is 23.5. The second kappa shape index (κ2) is 9.92. The summed E-state index contributed by atoms with van der Waals surface area (Å²) in [5.74, 6) is 0.382. The van der Waals surface area contributed by atoms with E-state index in [-0.39, 0.29) is 18.2 Å². The first-order valence-corrected chi connectivity index (χ1v) is 12.6. The highest BCUT2D eigenvalue weighted by Crippen LogP contribution is 2.40. The lowest BCUT2D eigenvalue weighted by molar-refractivity contribution is -0.115. The van der Waals surface area contributed by atoms with Gasteiger partial charge < -0.3 is 19.4 Å². The van der Waals surface area contributed by atoms with Gasteiger partial charge in [0.05, 0.1) is 37.2 Å². The topological polar surface area (TPSA) is 84.7 Å². The molecular formula is C25H23N3O4S2. The van der Waals surface area contributed by atoms with E-state index in [4.69, 9.17) is 9.15 Å². The first-order valence-electron chi connectivity index (χ1n) is 10.9. The highest BCUT2D eigenvalue weighted by atomic mass is 32.1. The fraction of sp³-hybridized carbons (Fsp3) is 0.240. The molecule has 1 fully saturated rings. The van der Waals surface area contributed by atoms with E-state index in [1.807, 2.05) is 48.7 Å². The summed E-state index contributed by atoms with van der Waals surface area (Å²) in [6, 6.07) is 13.6. The summed E-state index contributed by atoms with van der Waals surface area (Å²) < 4.78 is 10.8. The van der Waals surface area contributed by atoms with Crippen LogP contribution in [0.15, 0.2) is 58.5 Å². The number of anilines is 1. The third-order valence-corrected chi connectivity index (χ3v) is 7.74. The summed E-state index contributed by atoms with van der Waals surface area (Å²) in [5.41, 5.74) is 3.10. The number of amides is 2. The number of furan rings is 1. The Balaban J connectivity index is 1.41. The van der Waals surface area contributed by atoms with Crippen molar-refractivity contribution in [3.05, 3.63) is 70.9 Å². The molecule has 0 unspecified atom stereocenters.